The van der Waals surface area contributed by atoms with Crippen LogP contribution in [0.15, 0.2) is 48.6 Å². The maximum Gasteiger partial charge on any atom is 0.0844 e. The highest BCUT2D eigenvalue weighted by Gasteiger charge is 2.43. The minimum Gasteiger partial charge on any atom is -0.370 e. The zero-order valence-electron chi connectivity index (χ0n) is 12.7. The molecule has 3 aliphatic carbocycles. The summed E-state index contributed by atoms with van der Waals surface area (Å²) in [5.74, 6) is 0.994. The third-order valence-electron chi connectivity index (χ3n) is 4.12. The minimum atomic E-state index is 0.685. The molecule has 4 rings (SSSR count). The molecule has 20 heavy (non-hydrogen) atoms. The molecule has 1 saturated heterocycles. The van der Waals surface area contributed by atoms with Crippen molar-refractivity contribution in [3.63, 3.8) is 0 Å². The van der Waals surface area contributed by atoms with Crippen LogP contribution in [0, 0.1) is 5.92 Å². The lowest BCUT2D eigenvalue weighted by molar-refractivity contribution is 0.350. The quantitative estimate of drug-likeness (QED) is 0.616. The van der Waals surface area contributed by atoms with E-state index >= 15 is 0 Å². The summed E-state index contributed by atoms with van der Waals surface area (Å²) < 4.78 is 5.45. The van der Waals surface area contributed by atoms with Gasteiger partial charge in [-0.1, -0.05) is 68.4 Å². The van der Waals surface area contributed by atoms with Gasteiger partial charge in [0.2, 0.25) is 0 Å². The molecule has 1 aliphatic heterocycles. The average Bonchev–Trinajstić information content (AvgIpc) is 2.99. The standard InChI is InChI=1S/C9H16O.2C5H6/c1-2-3-7-4-5-8-9(6-7)10-8;2*1-2-4-5-3-1/h7-9H,2-6H2,1H3;2*1-4H,5H2. The second kappa shape index (κ2) is 8.97. The van der Waals surface area contributed by atoms with Crippen LogP contribution in [0.4, 0.5) is 0 Å². The molecule has 3 atom stereocenters. The lowest BCUT2D eigenvalue weighted by Crippen LogP contribution is -2.12. The molecule has 4 aliphatic rings. The maximum absolute atomic E-state index is 5.45. The predicted octanol–water partition coefficient (Wildman–Crippen LogP) is 5.36. The highest BCUT2D eigenvalue weighted by atomic mass is 16.6. The Morgan fingerprint density at radius 1 is 0.850 bits per heavy atom. The first-order valence-corrected chi connectivity index (χ1v) is 8.19. The fourth-order valence-electron chi connectivity index (χ4n) is 2.94. The first-order chi connectivity index (χ1) is 9.90. The summed E-state index contributed by atoms with van der Waals surface area (Å²) in [5.41, 5.74) is 0. The molecule has 0 aromatic carbocycles. The molecule has 0 N–H and O–H groups in total. The van der Waals surface area contributed by atoms with E-state index in [2.05, 4.69) is 55.5 Å². The van der Waals surface area contributed by atoms with Gasteiger partial charge in [0.25, 0.3) is 0 Å². The summed E-state index contributed by atoms with van der Waals surface area (Å²) in [6.45, 7) is 2.28. The molecule has 2 fully saturated rings. The Labute approximate surface area is 124 Å². The van der Waals surface area contributed by atoms with Gasteiger partial charge in [0, 0.05) is 0 Å². The Kier molecular flexibility index (Phi) is 6.86. The fraction of sp³-hybridized carbons (Fsp3) is 0.579. The molecule has 1 heteroatoms. The van der Waals surface area contributed by atoms with E-state index in [1.807, 2.05) is 0 Å². The number of hydrogen-bond acceptors (Lipinski definition) is 1. The van der Waals surface area contributed by atoms with Gasteiger partial charge in [-0.15, -0.1) is 0 Å². The number of rotatable bonds is 2. The molecule has 110 valence electrons. The summed E-state index contributed by atoms with van der Waals surface area (Å²) >= 11 is 0. The molecule has 0 aromatic rings. The molecule has 3 unspecified atom stereocenters. The molecule has 1 saturated carbocycles. The highest BCUT2D eigenvalue weighted by Crippen LogP contribution is 2.40. The normalized spacial score (nSPS) is 31.1. The van der Waals surface area contributed by atoms with Crippen LogP contribution < -0.4 is 0 Å². The predicted molar refractivity (Wildman–Crippen MR) is 86.7 cm³/mol. The van der Waals surface area contributed by atoms with Gasteiger partial charge in [0.1, 0.15) is 0 Å². The van der Waals surface area contributed by atoms with E-state index in [-0.39, 0.29) is 0 Å². The minimum absolute atomic E-state index is 0.685. The van der Waals surface area contributed by atoms with Crippen molar-refractivity contribution >= 4 is 0 Å². The van der Waals surface area contributed by atoms with Crippen molar-refractivity contribution in [1.29, 1.82) is 0 Å². The van der Waals surface area contributed by atoms with Gasteiger partial charge in [-0.2, -0.15) is 0 Å². The third-order valence-corrected chi connectivity index (χ3v) is 4.12. The van der Waals surface area contributed by atoms with Crippen LogP contribution in [0.25, 0.3) is 0 Å². The lowest BCUT2D eigenvalue weighted by Gasteiger charge is -2.17. The van der Waals surface area contributed by atoms with Crippen LogP contribution >= 0.6 is 0 Å². The molecule has 0 aromatic heterocycles. The molecule has 0 spiro atoms. The van der Waals surface area contributed by atoms with Gasteiger partial charge in [-0.05, 0) is 38.0 Å². The maximum atomic E-state index is 5.45. The van der Waals surface area contributed by atoms with E-state index in [9.17, 15) is 0 Å². The zero-order chi connectivity index (χ0) is 14.0. The van der Waals surface area contributed by atoms with E-state index in [1.54, 1.807) is 0 Å². The molecule has 0 amide bonds. The topological polar surface area (TPSA) is 12.5 Å². The van der Waals surface area contributed by atoms with Gasteiger partial charge >= 0.3 is 0 Å². The zero-order valence-corrected chi connectivity index (χ0v) is 12.7. The third kappa shape index (κ3) is 5.92. The van der Waals surface area contributed by atoms with Crippen molar-refractivity contribution in [2.45, 2.75) is 64.1 Å². The SMILES string of the molecule is C1=CCC=C1.C1=CCC=C1.CCCC1CCC2OC2C1. The molecule has 1 heterocycles. The van der Waals surface area contributed by atoms with Crippen LogP contribution in [-0.2, 0) is 4.74 Å². The largest absolute Gasteiger partial charge is 0.370 e. The molecule has 0 radical (unpaired) electrons. The Morgan fingerprint density at radius 2 is 1.45 bits per heavy atom. The van der Waals surface area contributed by atoms with Crippen LogP contribution in [0.3, 0.4) is 0 Å². The number of ether oxygens (including phenoxy) is 1. The second-order valence-electron chi connectivity index (χ2n) is 5.86. The molecule has 0 bridgehead atoms. The summed E-state index contributed by atoms with van der Waals surface area (Å²) in [4.78, 5) is 0. The van der Waals surface area contributed by atoms with Crippen LogP contribution in [-0.4, -0.2) is 12.2 Å². The first-order valence-electron chi connectivity index (χ1n) is 8.19. The van der Waals surface area contributed by atoms with Crippen molar-refractivity contribution in [2.24, 2.45) is 5.92 Å². The van der Waals surface area contributed by atoms with Crippen LogP contribution in [0.1, 0.15) is 51.9 Å². The summed E-state index contributed by atoms with van der Waals surface area (Å²) in [5, 5.41) is 0. The van der Waals surface area contributed by atoms with Crippen molar-refractivity contribution in [3.8, 4) is 0 Å². The number of allylic oxidation sites excluding steroid dienone is 8. The Bertz CT molecular complexity index is 333. The summed E-state index contributed by atoms with van der Waals surface area (Å²) in [6.07, 6.45) is 27.3. The van der Waals surface area contributed by atoms with Gasteiger partial charge in [-0.25, -0.2) is 0 Å². The van der Waals surface area contributed by atoms with Crippen LogP contribution in [0.2, 0.25) is 0 Å². The first kappa shape index (κ1) is 15.3. The van der Waals surface area contributed by atoms with Crippen molar-refractivity contribution < 1.29 is 4.74 Å². The summed E-state index contributed by atoms with van der Waals surface area (Å²) in [6, 6.07) is 0. The Hall–Kier alpha value is -1.08. The molecular weight excluding hydrogens is 244 g/mol. The monoisotopic (exact) mass is 272 g/mol. The Morgan fingerprint density at radius 3 is 1.85 bits per heavy atom. The van der Waals surface area contributed by atoms with E-state index in [4.69, 9.17) is 4.74 Å². The van der Waals surface area contributed by atoms with Crippen molar-refractivity contribution in [2.75, 3.05) is 0 Å². The highest BCUT2D eigenvalue weighted by molar-refractivity contribution is 5.12. The van der Waals surface area contributed by atoms with Crippen molar-refractivity contribution in [3.05, 3.63) is 48.6 Å². The van der Waals surface area contributed by atoms with Crippen LogP contribution in [0.5, 0.6) is 0 Å². The van der Waals surface area contributed by atoms with E-state index in [1.165, 1.54) is 32.1 Å². The Balaban J connectivity index is 0.000000124. The van der Waals surface area contributed by atoms with Crippen molar-refractivity contribution in [1.82, 2.24) is 0 Å². The molecule has 1 nitrogen and oxygen atoms in total. The van der Waals surface area contributed by atoms with Gasteiger partial charge in [0.15, 0.2) is 0 Å². The average molecular weight is 272 g/mol. The number of hydrogen-bond donors (Lipinski definition) is 0. The van der Waals surface area contributed by atoms with E-state index in [0.717, 1.165) is 18.8 Å². The van der Waals surface area contributed by atoms with E-state index in [0.29, 0.717) is 12.2 Å². The van der Waals surface area contributed by atoms with E-state index < -0.39 is 0 Å². The van der Waals surface area contributed by atoms with Gasteiger partial charge in [-0.3, -0.25) is 0 Å². The molecular formula is C19H28O. The second-order valence-corrected chi connectivity index (χ2v) is 5.86. The summed E-state index contributed by atoms with van der Waals surface area (Å²) in [7, 11) is 0. The van der Waals surface area contributed by atoms with Gasteiger partial charge in [0.05, 0.1) is 12.2 Å². The number of epoxide rings is 1. The smallest absolute Gasteiger partial charge is 0.0844 e. The fourth-order valence-corrected chi connectivity index (χ4v) is 2.94. The van der Waals surface area contributed by atoms with Gasteiger partial charge < -0.3 is 4.74 Å². The lowest BCUT2D eigenvalue weighted by atomic mass is 9.86. The number of fused-ring (bicyclic) bond motifs is 1.